The molecule has 7 nitrogen and oxygen atoms in total. The van der Waals surface area contributed by atoms with Crippen LogP contribution >= 0.6 is 15.9 Å². The first-order valence-electron chi connectivity index (χ1n) is 8.48. The third-order valence-electron chi connectivity index (χ3n) is 4.21. The van der Waals surface area contributed by atoms with Crippen molar-refractivity contribution in [3.8, 4) is 17.6 Å². The number of hydrogen-bond acceptors (Lipinski definition) is 6. The van der Waals surface area contributed by atoms with E-state index < -0.39 is 5.97 Å². The molecule has 0 bridgehead atoms. The Kier molecular flexibility index (Phi) is 7.67. The van der Waals surface area contributed by atoms with Crippen LogP contribution in [0.2, 0.25) is 0 Å². The molecular weight excluding hydrogens is 416 g/mol. The first-order valence-corrected chi connectivity index (χ1v) is 9.27. The maximum absolute atomic E-state index is 12.4. The van der Waals surface area contributed by atoms with E-state index >= 15 is 0 Å². The first kappa shape index (κ1) is 20.8. The second kappa shape index (κ2) is 9.97. The molecule has 1 saturated carbocycles. The third-order valence-corrected chi connectivity index (χ3v) is 4.90. The van der Waals surface area contributed by atoms with Crippen LogP contribution in [0, 0.1) is 11.3 Å². The fourth-order valence-corrected chi connectivity index (χ4v) is 3.20. The number of esters is 1. The fourth-order valence-electron chi connectivity index (χ4n) is 2.77. The standard InChI is InChI=1S/C19H21BrN2O5/c1-25-16-8-12(15(20)9-17(16)27-11-18(23)26-2)7-13(10-21)19(24)22-14-5-3-4-6-14/h7-9,14H,3-6,11H2,1-2H3,(H,22,24)/b13-7-. The molecule has 1 N–H and O–H groups in total. The molecule has 1 amide bonds. The predicted molar refractivity (Wildman–Crippen MR) is 102 cm³/mol. The number of rotatable bonds is 7. The van der Waals surface area contributed by atoms with Gasteiger partial charge in [0.2, 0.25) is 0 Å². The van der Waals surface area contributed by atoms with E-state index in [1.807, 2.05) is 6.07 Å². The van der Waals surface area contributed by atoms with Gasteiger partial charge in [-0.3, -0.25) is 4.79 Å². The first-order chi connectivity index (χ1) is 13.0. The van der Waals surface area contributed by atoms with Crippen LogP contribution in [-0.2, 0) is 14.3 Å². The maximum atomic E-state index is 12.4. The average Bonchev–Trinajstić information content (AvgIpc) is 3.17. The van der Waals surface area contributed by atoms with Crippen LogP contribution in [0.4, 0.5) is 0 Å². The number of nitrogens with zero attached hydrogens (tertiary/aromatic N) is 1. The number of amides is 1. The number of nitriles is 1. The molecular formula is C19H21BrN2O5. The zero-order chi connectivity index (χ0) is 19.8. The Morgan fingerprint density at radius 3 is 2.59 bits per heavy atom. The molecule has 1 aliphatic rings. The quantitative estimate of drug-likeness (QED) is 0.400. The lowest BCUT2D eigenvalue weighted by Crippen LogP contribution is -2.33. The molecule has 0 aliphatic heterocycles. The number of benzene rings is 1. The molecule has 0 heterocycles. The monoisotopic (exact) mass is 436 g/mol. The second-order valence-corrected chi connectivity index (χ2v) is 6.87. The van der Waals surface area contributed by atoms with Gasteiger partial charge in [0.15, 0.2) is 18.1 Å². The van der Waals surface area contributed by atoms with Gasteiger partial charge < -0.3 is 19.5 Å². The summed E-state index contributed by atoms with van der Waals surface area (Å²) in [5, 5.41) is 12.3. The van der Waals surface area contributed by atoms with Crippen LogP contribution in [0.3, 0.4) is 0 Å². The number of carbonyl (C=O) groups excluding carboxylic acids is 2. The molecule has 8 heteroatoms. The van der Waals surface area contributed by atoms with Crippen molar-refractivity contribution in [3.05, 3.63) is 27.7 Å². The lowest BCUT2D eigenvalue weighted by molar-refractivity contribution is -0.142. The second-order valence-electron chi connectivity index (χ2n) is 6.01. The predicted octanol–water partition coefficient (Wildman–Crippen LogP) is 2.98. The normalized spacial score (nSPS) is 14.4. The fraction of sp³-hybridized carbons (Fsp3) is 0.421. The van der Waals surface area contributed by atoms with Crippen molar-refractivity contribution in [3.63, 3.8) is 0 Å². The van der Waals surface area contributed by atoms with E-state index in [-0.39, 0.29) is 24.1 Å². The summed E-state index contributed by atoms with van der Waals surface area (Å²) in [5.74, 6) is -0.212. The Bertz CT molecular complexity index is 779. The average molecular weight is 437 g/mol. The van der Waals surface area contributed by atoms with E-state index in [2.05, 4.69) is 26.0 Å². The maximum Gasteiger partial charge on any atom is 0.343 e. The summed E-state index contributed by atoms with van der Waals surface area (Å²) in [5.41, 5.74) is 0.586. The summed E-state index contributed by atoms with van der Waals surface area (Å²) in [7, 11) is 2.73. The number of nitrogens with one attached hydrogen (secondary N) is 1. The van der Waals surface area contributed by atoms with Gasteiger partial charge in [-0.15, -0.1) is 0 Å². The molecule has 0 unspecified atom stereocenters. The number of ether oxygens (including phenoxy) is 3. The zero-order valence-electron chi connectivity index (χ0n) is 15.2. The minimum atomic E-state index is -0.521. The van der Waals surface area contributed by atoms with Gasteiger partial charge in [0.05, 0.1) is 14.2 Å². The lowest BCUT2D eigenvalue weighted by atomic mass is 10.1. The number of hydrogen-bond donors (Lipinski definition) is 1. The molecule has 0 aromatic heterocycles. The number of methoxy groups -OCH3 is 2. The summed E-state index contributed by atoms with van der Waals surface area (Å²) in [6.45, 7) is -0.262. The smallest absolute Gasteiger partial charge is 0.343 e. The van der Waals surface area contributed by atoms with Crippen LogP contribution < -0.4 is 14.8 Å². The highest BCUT2D eigenvalue weighted by molar-refractivity contribution is 9.10. The van der Waals surface area contributed by atoms with E-state index in [9.17, 15) is 14.9 Å². The van der Waals surface area contributed by atoms with Crippen LogP contribution in [0.5, 0.6) is 11.5 Å². The summed E-state index contributed by atoms with van der Waals surface area (Å²) in [6.07, 6.45) is 5.54. The highest BCUT2D eigenvalue weighted by Gasteiger charge is 2.20. The molecule has 144 valence electrons. The minimum absolute atomic E-state index is 0.00730. The van der Waals surface area contributed by atoms with Gasteiger partial charge in [0.25, 0.3) is 5.91 Å². The summed E-state index contributed by atoms with van der Waals surface area (Å²) < 4.78 is 15.8. The zero-order valence-corrected chi connectivity index (χ0v) is 16.8. The summed E-state index contributed by atoms with van der Waals surface area (Å²) in [4.78, 5) is 23.6. The van der Waals surface area contributed by atoms with E-state index in [0.29, 0.717) is 21.5 Å². The van der Waals surface area contributed by atoms with Gasteiger partial charge in [-0.2, -0.15) is 5.26 Å². The highest BCUT2D eigenvalue weighted by Crippen LogP contribution is 2.34. The number of halogens is 1. The molecule has 0 atom stereocenters. The third kappa shape index (κ3) is 5.73. The van der Waals surface area contributed by atoms with Gasteiger partial charge in [-0.1, -0.05) is 28.8 Å². The van der Waals surface area contributed by atoms with Crippen molar-refractivity contribution in [1.82, 2.24) is 5.32 Å². The summed E-state index contributed by atoms with van der Waals surface area (Å²) >= 11 is 3.39. The molecule has 1 aromatic rings. The van der Waals surface area contributed by atoms with Crippen molar-refractivity contribution in [2.45, 2.75) is 31.7 Å². The molecule has 0 saturated heterocycles. The molecule has 1 aromatic carbocycles. The molecule has 1 fully saturated rings. The van der Waals surface area contributed by atoms with Gasteiger partial charge in [0, 0.05) is 10.5 Å². The molecule has 27 heavy (non-hydrogen) atoms. The van der Waals surface area contributed by atoms with Crippen LogP contribution in [-0.4, -0.2) is 38.7 Å². The Balaban J connectivity index is 2.22. The Morgan fingerprint density at radius 2 is 2.00 bits per heavy atom. The van der Waals surface area contributed by atoms with Crippen molar-refractivity contribution < 1.29 is 23.8 Å². The van der Waals surface area contributed by atoms with Crippen LogP contribution in [0.1, 0.15) is 31.2 Å². The Hall–Kier alpha value is -2.53. The molecule has 2 rings (SSSR count). The lowest BCUT2D eigenvalue weighted by Gasteiger charge is -2.13. The topological polar surface area (TPSA) is 97.7 Å². The van der Waals surface area contributed by atoms with E-state index in [1.54, 1.807) is 12.1 Å². The van der Waals surface area contributed by atoms with Crippen molar-refractivity contribution >= 4 is 33.9 Å². The van der Waals surface area contributed by atoms with E-state index in [4.69, 9.17) is 9.47 Å². The largest absolute Gasteiger partial charge is 0.493 e. The van der Waals surface area contributed by atoms with Crippen molar-refractivity contribution in [2.75, 3.05) is 20.8 Å². The van der Waals surface area contributed by atoms with Crippen molar-refractivity contribution in [1.29, 1.82) is 5.26 Å². The van der Waals surface area contributed by atoms with Gasteiger partial charge in [-0.25, -0.2) is 4.79 Å². The Labute approximate surface area is 166 Å². The SMILES string of the molecule is COC(=O)COc1cc(Br)c(/C=C(/C#N)C(=O)NC2CCCC2)cc1OC. The Morgan fingerprint density at radius 1 is 1.30 bits per heavy atom. The van der Waals surface area contributed by atoms with E-state index in [0.717, 1.165) is 25.7 Å². The van der Waals surface area contributed by atoms with Gasteiger partial charge in [0.1, 0.15) is 11.6 Å². The van der Waals surface area contributed by atoms with E-state index in [1.165, 1.54) is 20.3 Å². The minimum Gasteiger partial charge on any atom is -0.493 e. The van der Waals surface area contributed by atoms with Crippen LogP contribution in [0.25, 0.3) is 6.08 Å². The molecule has 0 spiro atoms. The van der Waals surface area contributed by atoms with Crippen molar-refractivity contribution in [2.24, 2.45) is 0 Å². The van der Waals surface area contributed by atoms with Gasteiger partial charge >= 0.3 is 5.97 Å². The molecule has 0 radical (unpaired) electrons. The van der Waals surface area contributed by atoms with Gasteiger partial charge in [-0.05, 0) is 36.6 Å². The van der Waals surface area contributed by atoms with Crippen LogP contribution in [0.15, 0.2) is 22.2 Å². The highest BCUT2D eigenvalue weighted by atomic mass is 79.9. The molecule has 1 aliphatic carbocycles. The summed E-state index contributed by atoms with van der Waals surface area (Å²) in [6, 6.07) is 5.30. The number of carbonyl (C=O) groups is 2.